The molecule has 1 aromatic carbocycles. The van der Waals surface area contributed by atoms with Crippen LogP contribution in [0.2, 0.25) is 0 Å². The topological polar surface area (TPSA) is 46.2 Å². The summed E-state index contributed by atoms with van der Waals surface area (Å²) in [7, 11) is 0. The molecule has 2 atom stereocenters. The molecule has 2 nitrogen and oxygen atoms in total. The Balaban J connectivity index is 2.24. The molecule has 82 valence electrons. The third kappa shape index (κ3) is 2.06. The minimum atomic E-state index is -0.370. The summed E-state index contributed by atoms with van der Waals surface area (Å²) in [6.45, 7) is 4.15. The highest BCUT2D eigenvalue weighted by Crippen LogP contribution is 2.37. The first-order valence-electron chi connectivity index (χ1n) is 5.61. The number of nitrogens with two attached hydrogens (primary N) is 1. The molecular weight excluding hydrogens is 186 g/mol. The zero-order valence-electron chi connectivity index (χ0n) is 9.40. The molecule has 2 heteroatoms. The Bertz CT molecular complexity index is 358. The zero-order valence-corrected chi connectivity index (χ0v) is 9.40. The summed E-state index contributed by atoms with van der Waals surface area (Å²) in [6, 6.07) is 5.89. The van der Waals surface area contributed by atoms with Gasteiger partial charge in [0.1, 0.15) is 0 Å². The van der Waals surface area contributed by atoms with Gasteiger partial charge in [0.05, 0.1) is 12.1 Å². The van der Waals surface area contributed by atoms with E-state index in [4.69, 9.17) is 5.73 Å². The number of hydrogen-bond donors (Lipinski definition) is 2. The maximum Gasteiger partial charge on any atom is 0.0760 e. The van der Waals surface area contributed by atoms with Gasteiger partial charge in [0.25, 0.3) is 0 Å². The van der Waals surface area contributed by atoms with Crippen molar-refractivity contribution in [3.05, 3.63) is 34.9 Å². The number of hydrogen-bond acceptors (Lipinski definition) is 2. The molecule has 1 fully saturated rings. The van der Waals surface area contributed by atoms with Gasteiger partial charge < -0.3 is 10.8 Å². The molecule has 0 bridgehead atoms. The van der Waals surface area contributed by atoms with E-state index >= 15 is 0 Å². The van der Waals surface area contributed by atoms with Gasteiger partial charge in [-0.3, -0.25) is 0 Å². The Labute approximate surface area is 91.1 Å². The van der Waals surface area contributed by atoms with Crippen molar-refractivity contribution >= 4 is 0 Å². The number of aryl methyl sites for hydroxylation is 1. The van der Waals surface area contributed by atoms with Crippen molar-refractivity contribution in [3.8, 4) is 0 Å². The molecule has 0 amide bonds. The van der Waals surface area contributed by atoms with Crippen LogP contribution >= 0.6 is 0 Å². The highest BCUT2D eigenvalue weighted by Gasteiger charge is 2.34. The van der Waals surface area contributed by atoms with Crippen LogP contribution < -0.4 is 5.73 Å². The van der Waals surface area contributed by atoms with Gasteiger partial charge in [-0.1, -0.05) is 18.2 Å². The standard InChI is InChI=1S/C13H19NO/c1-8-4-3-5-11(9(8)2)12(14)13(15)10-6-7-10/h3-5,10,12-13,15H,6-7,14H2,1-2H3/t12-,13+/m0/s1. The molecule has 1 aromatic rings. The largest absolute Gasteiger partial charge is 0.391 e. The fourth-order valence-corrected chi connectivity index (χ4v) is 2.05. The van der Waals surface area contributed by atoms with Gasteiger partial charge in [-0.2, -0.15) is 0 Å². The van der Waals surface area contributed by atoms with Gasteiger partial charge >= 0.3 is 0 Å². The highest BCUT2D eigenvalue weighted by atomic mass is 16.3. The Kier molecular flexibility index (Phi) is 2.81. The van der Waals surface area contributed by atoms with Crippen molar-refractivity contribution < 1.29 is 5.11 Å². The van der Waals surface area contributed by atoms with Crippen LogP contribution in [0.25, 0.3) is 0 Å². The van der Waals surface area contributed by atoms with Crippen molar-refractivity contribution in [2.24, 2.45) is 11.7 Å². The molecule has 0 saturated heterocycles. The quantitative estimate of drug-likeness (QED) is 0.793. The van der Waals surface area contributed by atoms with E-state index in [1.165, 1.54) is 11.1 Å². The summed E-state index contributed by atoms with van der Waals surface area (Å²) >= 11 is 0. The van der Waals surface area contributed by atoms with Crippen molar-refractivity contribution in [2.75, 3.05) is 0 Å². The highest BCUT2D eigenvalue weighted by molar-refractivity contribution is 5.35. The molecule has 1 aliphatic carbocycles. The number of aliphatic hydroxyl groups excluding tert-OH is 1. The van der Waals surface area contributed by atoms with E-state index in [1.807, 2.05) is 12.1 Å². The first-order chi connectivity index (χ1) is 7.11. The fraction of sp³-hybridized carbons (Fsp3) is 0.538. The van der Waals surface area contributed by atoms with Crippen LogP contribution in [0.1, 0.15) is 35.6 Å². The summed E-state index contributed by atoms with van der Waals surface area (Å²) in [5.41, 5.74) is 9.65. The van der Waals surface area contributed by atoms with Crippen LogP contribution in [0.4, 0.5) is 0 Å². The molecule has 0 aromatic heterocycles. The first kappa shape index (κ1) is 10.7. The molecule has 0 radical (unpaired) electrons. The molecule has 3 N–H and O–H groups in total. The molecular formula is C13H19NO. The monoisotopic (exact) mass is 205 g/mol. The summed E-state index contributed by atoms with van der Waals surface area (Å²) in [6.07, 6.45) is 1.88. The van der Waals surface area contributed by atoms with Crippen LogP contribution in [0.15, 0.2) is 18.2 Å². The lowest BCUT2D eigenvalue weighted by Gasteiger charge is -2.21. The third-order valence-electron chi connectivity index (χ3n) is 3.48. The third-order valence-corrected chi connectivity index (χ3v) is 3.48. The van der Waals surface area contributed by atoms with Crippen LogP contribution in [-0.2, 0) is 0 Å². The van der Waals surface area contributed by atoms with Crippen molar-refractivity contribution in [1.29, 1.82) is 0 Å². The molecule has 0 heterocycles. The van der Waals surface area contributed by atoms with Gasteiger partial charge in [-0.15, -0.1) is 0 Å². The van der Waals surface area contributed by atoms with Crippen LogP contribution in [-0.4, -0.2) is 11.2 Å². The Morgan fingerprint density at radius 3 is 2.60 bits per heavy atom. The Morgan fingerprint density at radius 1 is 1.33 bits per heavy atom. The Hall–Kier alpha value is -0.860. The van der Waals surface area contributed by atoms with E-state index in [0.717, 1.165) is 18.4 Å². The second-order valence-electron chi connectivity index (χ2n) is 4.64. The average molecular weight is 205 g/mol. The minimum Gasteiger partial charge on any atom is -0.391 e. The predicted octanol–water partition coefficient (Wildman–Crippen LogP) is 2.07. The Morgan fingerprint density at radius 2 is 2.00 bits per heavy atom. The smallest absolute Gasteiger partial charge is 0.0760 e. The first-order valence-corrected chi connectivity index (χ1v) is 5.61. The van der Waals surface area contributed by atoms with Gasteiger partial charge in [-0.05, 0) is 49.3 Å². The van der Waals surface area contributed by atoms with Gasteiger partial charge in [0.15, 0.2) is 0 Å². The lowest BCUT2D eigenvalue weighted by atomic mass is 9.93. The van der Waals surface area contributed by atoms with E-state index in [-0.39, 0.29) is 12.1 Å². The lowest BCUT2D eigenvalue weighted by Crippen LogP contribution is -2.28. The van der Waals surface area contributed by atoms with Gasteiger partial charge in [0.2, 0.25) is 0 Å². The van der Waals surface area contributed by atoms with Crippen LogP contribution in [0.5, 0.6) is 0 Å². The predicted molar refractivity (Wildman–Crippen MR) is 61.6 cm³/mol. The van der Waals surface area contributed by atoms with E-state index in [0.29, 0.717) is 5.92 Å². The van der Waals surface area contributed by atoms with Crippen molar-refractivity contribution in [2.45, 2.75) is 38.8 Å². The summed E-state index contributed by atoms with van der Waals surface area (Å²) < 4.78 is 0. The van der Waals surface area contributed by atoms with Crippen LogP contribution in [0, 0.1) is 19.8 Å². The second-order valence-corrected chi connectivity index (χ2v) is 4.64. The number of rotatable bonds is 3. The maximum atomic E-state index is 10.0. The molecule has 1 aliphatic rings. The molecule has 15 heavy (non-hydrogen) atoms. The normalized spacial score (nSPS) is 20.0. The van der Waals surface area contributed by atoms with E-state index in [2.05, 4.69) is 19.9 Å². The minimum absolute atomic E-state index is 0.225. The van der Waals surface area contributed by atoms with E-state index in [1.54, 1.807) is 0 Å². The average Bonchev–Trinajstić information content (AvgIpc) is 3.03. The lowest BCUT2D eigenvalue weighted by molar-refractivity contribution is 0.122. The molecule has 0 spiro atoms. The second kappa shape index (κ2) is 3.95. The number of aliphatic hydroxyl groups is 1. The molecule has 0 unspecified atom stereocenters. The summed E-state index contributed by atoms with van der Waals surface area (Å²) in [5, 5.41) is 10.0. The number of benzene rings is 1. The zero-order chi connectivity index (χ0) is 11.0. The molecule has 2 rings (SSSR count). The summed E-state index contributed by atoms with van der Waals surface area (Å²) in [4.78, 5) is 0. The SMILES string of the molecule is Cc1cccc([C@H](N)[C@H](O)C2CC2)c1C. The maximum absolute atomic E-state index is 10.0. The van der Waals surface area contributed by atoms with Crippen molar-refractivity contribution in [1.82, 2.24) is 0 Å². The van der Waals surface area contributed by atoms with Crippen LogP contribution in [0.3, 0.4) is 0 Å². The fourth-order valence-electron chi connectivity index (χ4n) is 2.05. The van der Waals surface area contributed by atoms with Gasteiger partial charge in [0, 0.05) is 0 Å². The van der Waals surface area contributed by atoms with Crippen molar-refractivity contribution in [3.63, 3.8) is 0 Å². The molecule has 0 aliphatic heterocycles. The van der Waals surface area contributed by atoms with E-state index in [9.17, 15) is 5.11 Å². The summed E-state index contributed by atoms with van der Waals surface area (Å²) in [5.74, 6) is 0.430. The van der Waals surface area contributed by atoms with Gasteiger partial charge in [-0.25, -0.2) is 0 Å². The molecule has 1 saturated carbocycles. The van der Waals surface area contributed by atoms with E-state index < -0.39 is 0 Å².